The molecule has 1 aromatic heterocycles. The number of rotatable bonds is 6. The van der Waals surface area contributed by atoms with E-state index in [9.17, 15) is 9.90 Å². The second-order valence-corrected chi connectivity index (χ2v) is 9.68. The summed E-state index contributed by atoms with van der Waals surface area (Å²) in [5.74, 6) is 0.537. The van der Waals surface area contributed by atoms with Gasteiger partial charge in [0.25, 0.3) is 0 Å². The van der Waals surface area contributed by atoms with Crippen molar-refractivity contribution in [2.75, 3.05) is 44.2 Å². The van der Waals surface area contributed by atoms with E-state index in [1.807, 2.05) is 30.3 Å². The monoisotopic (exact) mass is 479 g/mol. The Morgan fingerprint density at radius 3 is 2.38 bits per heavy atom. The van der Waals surface area contributed by atoms with E-state index in [0.717, 1.165) is 50.7 Å². The number of piperazine rings is 1. The van der Waals surface area contributed by atoms with Crippen molar-refractivity contribution in [3.05, 3.63) is 93.0 Å². The van der Waals surface area contributed by atoms with Crippen LogP contribution in [0.4, 0.5) is 5.69 Å². The highest BCUT2D eigenvalue weighted by Crippen LogP contribution is 2.30. The highest BCUT2D eigenvalue weighted by atomic mass is 35.5. The molecule has 1 N–H and O–H groups in total. The molecule has 6 nitrogen and oxygen atoms in total. The molecule has 3 heterocycles. The number of hydrogen-bond acceptors (Lipinski definition) is 6. The van der Waals surface area contributed by atoms with Gasteiger partial charge in [0.05, 0.1) is 5.56 Å². The maximum atomic E-state index is 12.5. The van der Waals surface area contributed by atoms with Crippen LogP contribution in [0.5, 0.6) is 5.75 Å². The van der Waals surface area contributed by atoms with Gasteiger partial charge < -0.3 is 14.4 Å². The molecular formula is C27H30ClN3O3. The SMILES string of the molecule is O=c1occ(CN2CCN(c3ccc(Cl)cc3)CC2)c(O)c1CN1CC[C@H](c2ccccc2)C1. The van der Waals surface area contributed by atoms with Gasteiger partial charge in [-0.15, -0.1) is 0 Å². The van der Waals surface area contributed by atoms with Crippen molar-refractivity contribution in [1.82, 2.24) is 9.80 Å². The zero-order chi connectivity index (χ0) is 23.5. The van der Waals surface area contributed by atoms with Crippen LogP contribution in [0.15, 0.2) is 70.1 Å². The first kappa shape index (κ1) is 23.0. The number of benzene rings is 2. The summed E-state index contributed by atoms with van der Waals surface area (Å²) in [5, 5.41) is 11.7. The van der Waals surface area contributed by atoms with E-state index in [1.54, 1.807) is 0 Å². The molecule has 2 fully saturated rings. The highest BCUT2D eigenvalue weighted by Gasteiger charge is 2.27. The molecule has 7 heteroatoms. The molecule has 2 aliphatic heterocycles. The quantitative estimate of drug-likeness (QED) is 0.568. The fraction of sp³-hybridized carbons (Fsp3) is 0.370. The first-order chi connectivity index (χ1) is 16.6. The summed E-state index contributed by atoms with van der Waals surface area (Å²) in [4.78, 5) is 19.3. The van der Waals surface area contributed by atoms with E-state index in [1.165, 1.54) is 17.5 Å². The molecule has 0 amide bonds. The summed E-state index contributed by atoms with van der Waals surface area (Å²) < 4.78 is 5.34. The van der Waals surface area contributed by atoms with Gasteiger partial charge in [-0.1, -0.05) is 41.9 Å². The molecule has 2 aromatic carbocycles. The predicted octanol–water partition coefficient (Wildman–Crippen LogP) is 4.31. The molecule has 0 unspecified atom stereocenters. The standard InChI is InChI=1S/C27H30ClN3O3/c28-23-6-8-24(9-7-23)31-14-12-29(13-15-31)17-22-19-34-27(33)25(26(22)32)18-30-11-10-21(16-30)20-4-2-1-3-5-20/h1-9,19,21,32H,10-18H2/t21-/m0/s1. The van der Waals surface area contributed by atoms with Crippen molar-refractivity contribution < 1.29 is 9.52 Å². The maximum Gasteiger partial charge on any atom is 0.343 e. The van der Waals surface area contributed by atoms with Crippen molar-refractivity contribution in [1.29, 1.82) is 0 Å². The zero-order valence-electron chi connectivity index (χ0n) is 19.2. The van der Waals surface area contributed by atoms with E-state index < -0.39 is 5.63 Å². The smallest absolute Gasteiger partial charge is 0.343 e. The van der Waals surface area contributed by atoms with Crippen molar-refractivity contribution in [2.45, 2.75) is 25.4 Å². The van der Waals surface area contributed by atoms with E-state index in [4.69, 9.17) is 16.0 Å². The predicted molar refractivity (Wildman–Crippen MR) is 135 cm³/mol. The first-order valence-corrected chi connectivity index (χ1v) is 12.3. The zero-order valence-corrected chi connectivity index (χ0v) is 20.0. The Balaban J connectivity index is 1.21. The molecule has 0 spiro atoms. The van der Waals surface area contributed by atoms with E-state index >= 15 is 0 Å². The lowest BCUT2D eigenvalue weighted by Crippen LogP contribution is -2.46. The maximum absolute atomic E-state index is 12.5. The minimum atomic E-state index is -0.447. The third kappa shape index (κ3) is 5.14. The van der Waals surface area contributed by atoms with Gasteiger partial charge in [-0.3, -0.25) is 9.80 Å². The van der Waals surface area contributed by atoms with Crippen LogP contribution in [0.1, 0.15) is 29.0 Å². The van der Waals surface area contributed by atoms with E-state index in [0.29, 0.717) is 30.1 Å². The van der Waals surface area contributed by atoms with Crippen LogP contribution in [0, 0.1) is 0 Å². The molecule has 0 aliphatic carbocycles. The second-order valence-electron chi connectivity index (χ2n) is 9.25. The molecule has 0 saturated carbocycles. The van der Waals surface area contributed by atoms with Crippen molar-refractivity contribution in [3.8, 4) is 5.75 Å². The molecule has 34 heavy (non-hydrogen) atoms. The van der Waals surface area contributed by atoms with Crippen LogP contribution >= 0.6 is 11.6 Å². The van der Waals surface area contributed by atoms with Crippen molar-refractivity contribution >= 4 is 17.3 Å². The molecular weight excluding hydrogens is 450 g/mol. The lowest BCUT2D eigenvalue weighted by molar-refractivity contribution is 0.241. The fourth-order valence-corrected chi connectivity index (χ4v) is 5.17. The number of aromatic hydroxyl groups is 1. The Bertz CT molecular complexity index is 1160. The van der Waals surface area contributed by atoms with Gasteiger partial charge in [0.1, 0.15) is 12.0 Å². The van der Waals surface area contributed by atoms with Crippen LogP contribution in [-0.4, -0.2) is 54.2 Å². The number of nitrogens with zero attached hydrogens (tertiary/aromatic N) is 3. The van der Waals surface area contributed by atoms with E-state index in [2.05, 4.69) is 39.0 Å². The average Bonchev–Trinajstić information content (AvgIpc) is 3.34. The Morgan fingerprint density at radius 1 is 0.912 bits per heavy atom. The lowest BCUT2D eigenvalue weighted by Gasteiger charge is -2.36. The summed E-state index contributed by atoms with van der Waals surface area (Å²) in [6.45, 7) is 6.25. The van der Waals surface area contributed by atoms with Crippen molar-refractivity contribution in [2.24, 2.45) is 0 Å². The number of hydrogen-bond donors (Lipinski definition) is 1. The molecule has 3 aromatic rings. The lowest BCUT2D eigenvalue weighted by atomic mass is 9.99. The molecule has 0 radical (unpaired) electrons. The largest absolute Gasteiger partial charge is 0.507 e. The summed E-state index contributed by atoms with van der Waals surface area (Å²) in [7, 11) is 0. The average molecular weight is 480 g/mol. The van der Waals surface area contributed by atoms with Gasteiger partial charge in [-0.05, 0) is 48.7 Å². The number of likely N-dealkylation sites (tertiary alicyclic amines) is 1. The second kappa shape index (κ2) is 10.2. The van der Waals surface area contributed by atoms with Crippen LogP contribution in [-0.2, 0) is 13.1 Å². The third-order valence-corrected chi connectivity index (χ3v) is 7.28. The molecule has 5 rings (SSSR count). The molecule has 0 bridgehead atoms. The fourth-order valence-electron chi connectivity index (χ4n) is 5.05. The number of anilines is 1. The topological polar surface area (TPSA) is 60.2 Å². The van der Waals surface area contributed by atoms with Crippen LogP contribution in [0.3, 0.4) is 0 Å². The van der Waals surface area contributed by atoms with Crippen LogP contribution < -0.4 is 10.5 Å². The Kier molecular flexibility index (Phi) is 6.90. The Labute approximate surface area is 205 Å². The summed E-state index contributed by atoms with van der Waals surface area (Å²) in [6.07, 6.45) is 2.47. The van der Waals surface area contributed by atoms with Crippen molar-refractivity contribution in [3.63, 3.8) is 0 Å². The first-order valence-electron chi connectivity index (χ1n) is 11.9. The molecule has 2 saturated heterocycles. The Morgan fingerprint density at radius 2 is 1.65 bits per heavy atom. The minimum absolute atomic E-state index is 0.0829. The van der Waals surface area contributed by atoms with Gasteiger partial charge in [-0.2, -0.15) is 0 Å². The summed E-state index contributed by atoms with van der Waals surface area (Å²) in [5.41, 5.74) is 3.09. The number of halogens is 1. The van der Waals surface area contributed by atoms with Gasteiger partial charge >= 0.3 is 5.63 Å². The summed E-state index contributed by atoms with van der Waals surface area (Å²) >= 11 is 6.01. The molecule has 2 aliphatic rings. The minimum Gasteiger partial charge on any atom is -0.507 e. The van der Waals surface area contributed by atoms with Gasteiger partial charge in [0, 0.05) is 62.1 Å². The van der Waals surface area contributed by atoms with Crippen LogP contribution in [0.2, 0.25) is 5.02 Å². The van der Waals surface area contributed by atoms with Crippen LogP contribution in [0.25, 0.3) is 0 Å². The van der Waals surface area contributed by atoms with Gasteiger partial charge in [0.15, 0.2) is 0 Å². The Hall–Kier alpha value is -2.80. The molecule has 1 atom stereocenters. The third-order valence-electron chi connectivity index (χ3n) is 7.03. The van der Waals surface area contributed by atoms with E-state index in [-0.39, 0.29) is 5.75 Å². The molecule has 178 valence electrons. The van der Waals surface area contributed by atoms with Gasteiger partial charge in [0.2, 0.25) is 0 Å². The summed E-state index contributed by atoms with van der Waals surface area (Å²) in [6, 6.07) is 18.4. The van der Waals surface area contributed by atoms with Gasteiger partial charge in [-0.25, -0.2) is 4.79 Å². The highest BCUT2D eigenvalue weighted by molar-refractivity contribution is 6.30. The normalized spacial score (nSPS) is 19.6.